The van der Waals surface area contributed by atoms with Gasteiger partial charge in [-0.3, -0.25) is 14.6 Å². The first-order valence-corrected chi connectivity index (χ1v) is 11.2. The summed E-state index contributed by atoms with van der Waals surface area (Å²) >= 11 is 0. The van der Waals surface area contributed by atoms with E-state index in [1.807, 2.05) is 50.4 Å². The molecule has 0 bridgehead atoms. The lowest BCUT2D eigenvalue weighted by atomic mass is 9.89. The Hall–Kier alpha value is -2.73. The maximum atomic E-state index is 13.3. The predicted octanol–water partition coefficient (Wildman–Crippen LogP) is 3.21. The lowest BCUT2D eigenvalue weighted by Gasteiger charge is -2.42. The van der Waals surface area contributed by atoms with Crippen molar-refractivity contribution < 1.29 is 14.3 Å². The molecular weight excluding hydrogens is 390 g/mol. The third kappa shape index (κ3) is 5.31. The summed E-state index contributed by atoms with van der Waals surface area (Å²) in [6.07, 6.45) is 6.51. The van der Waals surface area contributed by atoms with Gasteiger partial charge in [0.05, 0.1) is 13.2 Å². The van der Waals surface area contributed by atoms with Crippen molar-refractivity contribution in [3.8, 4) is 11.1 Å². The quantitative estimate of drug-likeness (QED) is 0.745. The van der Waals surface area contributed by atoms with Crippen LogP contribution >= 0.6 is 0 Å². The highest BCUT2D eigenvalue weighted by Gasteiger charge is 2.46. The van der Waals surface area contributed by atoms with Crippen LogP contribution in [0, 0.1) is 5.92 Å². The van der Waals surface area contributed by atoms with Crippen LogP contribution in [-0.2, 0) is 20.7 Å². The lowest BCUT2D eigenvalue weighted by molar-refractivity contribution is -0.166. The molecule has 1 saturated carbocycles. The molecule has 1 saturated heterocycles. The molecule has 2 fully saturated rings. The first kappa shape index (κ1) is 21.5. The van der Waals surface area contributed by atoms with Crippen LogP contribution in [0.1, 0.15) is 38.7 Å². The molecule has 0 spiro atoms. The first-order chi connectivity index (χ1) is 14.9. The van der Waals surface area contributed by atoms with Crippen molar-refractivity contribution in [2.24, 2.45) is 5.92 Å². The average molecular weight is 422 g/mol. The molecule has 1 atom stereocenters. The predicted molar refractivity (Wildman–Crippen MR) is 119 cm³/mol. The number of hydrogen-bond acceptors (Lipinski definition) is 4. The molecule has 1 aliphatic carbocycles. The van der Waals surface area contributed by atoms with E-state index in [4.69, 9.17) is 4.74 Å². The van der Waals surface area contributed by atoms with Crippen molar-refractivity contribution in [2.45, 2.75) is 51.2 Å². The van der Waals surface area contributed by atoms with Gasteiger partial charge in [0.2, 0.25) is 5.91 Å². The van der Waals surface area contributed by atoms with E-state index in [9.17, 15) is 9.59 Å². The van der Waals surface area contributed by atoms with Crippen LogP contribution < -0.4 is 5.32 Å². The van der Waals surface area contributed by atoms with Crippen LogP contribution in [0.2, 0.25) is 0 Å². The zero-order valence-electron chi connectivity index (χ0n) is 18.3. The second-order valence-electron chi connectivity index (χ2n) is 9.12. The summed E-state index contributed by atoms with van der Waals surface area (Å²) in [6.45, 7) is 5.25. The van der Waals surface area contributed by atoms with Crippen LogP contribution in [0.15, 0.2) is 48.8 Å². The van der Waals surface area contributed by atoms with E-state index in [2.05, 4.69) is 16.4 Å². The smallest absolute Gasteiger partial charge is 0.254 e. The van der Waals surface area contributed by atoms with Gasteiger partial charge in [0.1, 0.15) is 0 Å². The largest absolute Gasteiger partial charge is 0.361 e. The Balaban J connectivity index is 1.59. The van der Waals surface area contributed by atoms with Crippen molar-refractivity contribution in [3.05, 3.63) is 54.4 Å². The first-order valence-electron chi connectivity index (χ1n) is 11.2. The summed E-state index contributed by atoms with van der Waals surface area (Å²) in [7, 11) is 0. The lowest BCUT2D eigenvalue weighted by Crippen LogP contribution is -2.62. The van der Waals surface area contributed by atoms with E-state index in [1.165, 1.54) is 0 Å². The number of hydrogen-bond donors (Lipinski definition) is 1. The molecule has 6 nitrogen and oxygen atoms in total. The number of rotatable bonds is 7. The molecule has 2 heterocycles. The van der Waals surface area contributed by atoms with Gasteiger partial charge in [-0.2, -0.15) is 0 Å². The summed E-state index contributed by atoms with van der Waals surface area (Å²) in [6, 6.07) is 12.3. The van der Waals surface area contributed by atoms with E-state index in [-0.39, 0.29) is 30.3 Å². The zero-order valence-corrected chi connectivity index (χ0v) is 18.3. The number of pyridine rings is 1. The minimum Gasteiger partial charge on any atom is -0.361 e. The zero-order chi connectivity index (χ0) is 21.8. The highest BCUT2D eigenvalue weighted by atomic mass is 16.5. The fourth-order valence-electron chi connectivity index (χ4n) is 4.07. The Kier molecular flexibility index (Phi) is 6.37. The fraction of sp³-hybridized carbons (Fsp3) is 0.480. The van der Waals surface area contributed by atoms with E-state index in [1.54, 1.807) is 11.1 Å². The minimum atomic E-state index is -1.07. The van der Waals surface area contributed by atoms with Crippen molar-refractivity contribution in [3.63, 3.8) is 0 Å². The number of nitrogens with zero attached hydrogens (tertiary/aromatic N) is 2. The fourth-order valence-corrected chi connectivity index (χ4v) is 4.07. The topological polar surface area (TPSA) is 71.5 Å². The minimum absolute atomic E-state index is 0.0889. The molecule has 31 heavy (non-hydrogen) atoms. The Morgan fingerprint density at radius 2 is 2.03 bits per heavy atom. The number of carbonyl (C=O) groups is 2. The van der Waals surface area contributed by atoms with Gasteiger partial charge in [-0.25, -0.2) is 0 Å². The SMILES string of the molecule is CC(C)CC(=O)N1CCOC(Cc2cccc(-c3cccnc3)c2)(C(=O)NC2CC2)C1. The van der Waals surface area contributed by atoms with Crippen LogP contribution in [0.3, 0.4) is 0 Å². The van der Waals surface area contributed by atoms with Gasteiger partial charge < -0.3 is 15.0 Å². The number of benzene rings is 1. The summed E-state index contributed by atoms with van der Waals surface area (Å²) in [4.78, 5) is 32.1. The van der Waals surface area contributed by atoms with Crippen molar-refractivity contribution >= 4 is 11.8 Å². The monoisotopic (exact) mass is 421 g/mol. The molecule has 4 rings (SSSR count). The number of amides is 2. The molecule has 2 aliphatic rings. The van der Waals surface area contributed by atoms with Gasteiger partial charge in [0.25, 0.3) is 5.91 Å². The van der Waals surface area contributed by atoms with E-state index in [0.29, 0.717) is 26.0 Å². The summed E-state index contributed by atoms with van der Waals surface area (Å²) in [5, 5.41) is 3.12. The third-order valence-corrected chi connectivity index (χ3v) is 5.86. The molecule has 1 unspecified atom stereocenters. The van der Waals surface area contributed by atoms with Gasteiger partial charge in [0, 0.05) is 37.8 Å². The van der Waals surface area contributed by atoms with Crippen molar-refractivity contribution in [1.82, 2.24) is 15.2 Å². The Bertz CT molecular complexity index is 927. The highest BCUT2D eigenvalue weighted by molar-refractivity contribution is 5.88. The second-order valence-corrected chi connectivity index (χ2v) is 9.12. The normalized spacial score (nSPS) is 21.2. The Morgan fingerprint density at radius 1 is 1.23 bits per heavy atom. The molecule has 2 aromatic rings. The number of nitrogens with one attached hydrogen (secondary N) is 1. The van der Waals surface area contributed by atoms with Gasteiger partial charge in [-0.1, -0.05) is 44.2 Å². The van der Waals surface area contributed by atoms with Gasteiger partial charge in [-0.05, 0) is 41.5 Å². The standard InChI is InChI=1S/C25H31N3O3/c1-18(2)13-23(29)28-11-12-31-25(17-28,24(30)27-22-8-9-22)15-19-5-3-6-20(14-19)21-7-4-10-26-16-21/h3-7,10,14,16,18,22H,8-9,11-13,15,17H2,1-2H3,(H,27,30). The van der Waals surface area contributed by atoms with E-state index < -0.39 is 5.60 Å². The Morgan fingerprint density at radius 3 is 2.74 bits per heavy atom. The molecule has 1 N–H and O–H groups in total. The number of morpholine rings is 1. The van der Waals surface area contributed by atoms with E-state index >= 15 is 0 Å². The van der Waals surface area contributed by atoms with Crippen molar-refractivity contribution in [1.29, 1.82) is 0 Å². The molecule has 2 amide bonds. The van der Waals surface area contributed by atoms with Crippen LogP contribution in [-0.4, -0.2) is 53.0 Å². The van der Waals surface area contributed by atoms with Gasteiger partial charge >= 0.3 is 0 Å². The molecule has 164 valence electrons. The van der Waals surface area contributed by atoms with Crippen LogP contribution in [0.25, 0.3) is 11.1 Å². The number of aromatic nitrogens is 1. The number of carbonyl (C=O) groups excluding carboxylic acids is 2. The second kappa shape index (κ2) is 9.18. The molecule has 1 aromatic carbocycles. The summed E-state index contributed by atoms with van der Waals surface area (Å²) in [5.41, 5.74) is 2.01. The van der Waals surface area contributed by atoms with Gasteiger partial charge in [-0.15, -0.1) is 0 Å². The molecular formula is C25H31N3O3. The molecule has 1 aromatic heterocycles. The van der Waals surface area contributed by atoms with Crippen LogP contribution in [0.5, 0.6) is 0 Å². The van der Waals surface area contributed by atoms with E-state index in [0.717, 1.165) is 29.5 Å². The Labute approximate surface area is 184 Å². The molecule has 0 radical (unpaired) electrons. The highest BCUT2D eigenvalue weighted by Crippen LogP contribution is 2.29. The molecule has 6 heteroatoms. The average Bonchev–Trinajstić information content (AvgIpc) is 3.58. The summed E-state index contributed by atoms with van der Waals surface area (Å²) in [5.74, 6) is 0.260. The maximum absolute atomic E-state index is 13.3. The number of ether oxygens (including phenoxy) is 1. The third-order valence-electron chi connectivity index (χ3n) is 5.86. The van der Waals surface area contributed by atoms with Crippen molar-refractivity contribution in [2.75, 3.05) is 19.7 Å². The molecule has 1 aliphatic heterocycles. The maximum Gasteiger partial charge on any atom is 0.254 e. The summed E-state index contributed by atoms with van der Waals surface area (Å²) < 4.78 is 6.17. The van der Waals surface area contributed by atoms with Gasteiger partial charge in [0.15, 0.2) is 5.60 Å². The van der Waals surface area contributed by atoms with Crippen LogP contribution in [0.4, 0.5) is 0 Å².